The van der Waals surface area contributed by atoms with Gasteiger partial charge in [-0.2, -0.15) is 0 Å². The third-order valence-electron chi connectivity index (χ3n) is 3.22. The molecule has 1 heterocycles. The van der Waals surface area contributed by atoms with Crippen LogP contribution in [0.15, 0.2) is 24.3 Å². The number of fused-ring (bicyclic) bond motifs is 1. The van der Waals surface area contributed by atoms with Crippen molar-refractivity contribution in [2.45, 2.75) is 32.7 Å². The van der Waals surface area contributed by atoms with Crippen LogP contribution in [-0.2, 0) is 6.42 Å². The monoisotopic (exact) mass is 219 g/mol. The molecule has 1 aromatic carbocycles. The summed E-state index contributed by atoms with van der Waals surface area (Å²) in [6, 6.07) is 9.11. The number of aliphatic hydroxyl groups is 1. The molecule has 1 N–H and O–H groups in total. The molecule has 0 saturated heterocycles. The van der Waals surface area contributed by atoms with Gasteiger partial charge in [-0.05, 0) is 30.4 Å². The maximum absolute atomic E-state index is 9.13. The molecule has 88 valence electrons. The van der Waals surface area contributed by atoms with Crippen LogP contribution in [0.1, 0.15) is 25.8 Å². The third-order valence-corrected chi connectivity index (χ3v) is 3.22. The Balaban J connectivity index is 2.21. The van der Waals surface area contributed by atoms with Crippen molar-refractivity contribution in [2.75, 3.05) is 18.1 Å². The van der Waals surface area contributed by atoms with Crippen LogP contribution in [0, 0.1) is 5.92 Å². The molecule has 0 spiro atoms. The van der Waals surface area contributed by atoms with Crippen molar-refractivity contribution >= 4 is 5.69 Å². The van der Waals surface area contributed by atoms with Gasteiger partial charge in [0.1, 0.15) is 0 Å². The van der Waals surface area contributed by atoms with Crippen molar-refractivity contribution in [3.8, 4) is 0 Å². The first-order chi connectivity index (χ1) is 7.72. The molecule has 1 unspecified atom stereocenters. The van der Waals surface area contributed by atoms with Crippen molar-refractivity contribution < 1.29 is 5.11 Å². The van der Waals surface area contributed by atoms with Gasteiger partial charge in [0.2, 0.25) is 0 Å². The summed E-state index contributed by atoms with van der Waals surface area (Å²) in [5.74, 6) is 0.660. The van der Waals surface area contributed by atoms with Gasteiger partial charge >= 0.3 is 0 Å². The average Bonchev–Trinajstić information content (AvgIpc) is 2.57. The lowest BCUT2D eigenvalue weighted by Crippen LogP contribution is -2.35. The molecular formula is C14H21NO. The zero-order valence-corrected chi connectivity index (χ0v) is 10.2. The SMILES string of the molecule is CC(C)CN1c2ccccc2CC1CCO. The topological polar surface area (TPSA) is 23.5 Å². The maximum atomic E-state index is 9.13. The Kier molecular flexibility index (Phi) is 3.49. The molecule has 1 aliphatic heterocycles. The fraction of sp³-hybridized carbons (Fsp3) is 0.571. The van der Waals surface area contributed by atoms with Crippen LogP contribution in [0.25, 0.3) is 0 Å². The first-order valence-corrected chi connectivity index (χ1v) is 6.17. The lowest BCUT2D eigenvalue weighted by atomic mass is 10.1. The molecule has 0 fully saturated rings. The van der Waals surface area contributed by atoms with E-state index >= 15 is 0 Å². The quantitative estimate of drug-likeness (QED) is 0.841. The van der Waals surface area contributed by atoms with Crippen LogP contribution < -0.4 is 4.90 Å². The first kappa shape index (κ1) is 11.5. The maximum Gasteiger partial charge on any atom is 0.0450 e. The van der Waals surface area contributed by atoms with Gasteiger partial charge in [-0.3, -0.25) is 0 Å². The van der Waals surface area contributed by atoms with Crippen molar-refractivity contribution in [3.05, 3.63) is 29.8 Å². The second-order valence-corrected chi connectivity index (χ2v) is 5.05. The zero-order valence-electron chi connectivity index (χ0n) is 10.2. The van der Waals surface area contributed by atoms with E-state index in [4.69, 9.17) is 5.11 Å². The second-order valence-electron chi connectivity index (χ2n) is 5.05. The Labute approximate surface area is 97.9 Å². The molecule has 0 bridgehead atoms. The fourth-order valence-corrected chi connectivity index (χ4v) is 2.57. The Morgan fingerprint density at radius 2 is 2.12 bits per heavy atom. The third kappa shape index (κ3) is 2.22. The molecule has 2 nitrogen and oxygen atoms in total. The van der Waals surface area contributed by atoms with Crippen molar-refractivity contribution in [1.29, 1.82) is 0 Å². The second kappa shape index (κ2) is 4.88. The van der Waals surface area contributed by atoms with Gasteiger partial charge in [0.25, 0.3) is 0 Å². The van der Waals surface area contributed by atoms with Gasteiger partial charge in [0.15, 0.2) is 0 Å². The van der Waals surface area contributed by atoms with E-state index in [9.17, 15) is 0 Å². The Bertz CT molecular complexity index is 348. The molecule has 2 heteroatoms. The van der Waals surface area contributed by atoms with Gasteiger partial charge in [0, 0.05) is 24.9 Å². The average molecular weight is 219 g/mol. The van der Waals surface area contributed by atoms with Gasteiger partial charge in [-0.25, -0.2) is 0 Å². The van der Waals surface area contributed by atoms with Gasteiger partial charge in [-0.1, -0.05) is 32.0 Å². The minimum Gasteiger partial charge on any atom is -0.396 e. The highest BCUT2D eigenvalue weighted by atomic mass is 16.3. The molecule has 0 saturated carbocycles. The minimum atomic E-state index is 0.285. The molecule has 16 heavy (non-hydrogen) atoms. The smallest absolute Gasteiger partial charge is 0.0450 e. The van der Waals surface area contributed by atoms with Crippen molar-refractivity contribution in [3.63, 3.8) is 0 Å². The standard InChI is InChI=1S/C14H21NO/c1-11(2)10-15-13(7-8-16)9-12-5-3-4-6-14(12)15/h3-6,11,13,16H,7-10H2,1-2H3. The van der Waals surface area contributed by atoms with E-state index < -0.39 is 0 Å². The van der Waals surface area contributed by atoms with E-state index in [2.05, 4.69) is 43.0 Å². The molecule has 0 radical (unpaired) electrons. The number of benzene rings is 1. The molecule has 2 rings (SSSR count). The van der Waals surface area contributed by atoms with Crippen LogP contribution >= 0.6 is 0 Å². The van der Waals surface area contributed by atoms with Crippen LogP contribution in [0.3, 0.4) is 0 Å². The summed E-state index contributed by atoms with van der Waals surface area (Å²) in [5, 5.41) is 9.13. The summed E-state index contributed by atoms with van der Waals surface area (Å²) < 4.78 is 0. The van der Waals surface area contributed by atoms with Crippen LogP contribution in [0.4, 0.5) is 5.69 Å². The zero-order chi connectivity index (χ0) is 11.5. The minimum absolute atomic E-state index is 0.285. The Hall–Kier alpha value is -1.02. The van der Waals surface area contributed by atoms with E-state index in [-0.39, 0.29) is 6.61 Å². The molecular weight excluding hydrogens is 198 g/mol. The van der Waals surface area contributed by atoms with E-state index in [1.807, 2.05) is 0 Å². The number of nitrogens with zero attached hydrogens (tertiary/aromatic N) is 1. The van der Waals surface area contributed by atoms with Crippen molar-refractivity contribution in [2.24, 2.45) is 5.92 Å². The van der Waals surface area contributed by atoms with E-state index in [1.54, 1.807) is 0 Å². The molecule has 1 aromatic rings. The van der Waals surface area contributed by atoms with Crippen LogP contribution in [0.5, 0.6) is 0 Å². The number of hydrogen-bond acceptors (Lipinski definition) is 2. The van der Waals surface area contributed by atoms with Gasteiger partial charge < -0.3 is 10.0 Å². The van der Waals surface area contributed by atoms with E-state index in [0.717, 1.165) is 19.4 Å². The molecule has 1 aliphatic rings. The fourth-order valence-electron chi connectivity index (χ4n) is 2.57. The van der Waals surface area contributed by atoms with E-state index in [1.165, 1.54) is 11.3 Å². The lowest BCUT2D eigenvalue weighted by molar-refractivity contribution is 0.273. The lowest BCUT2D eigenvalue weighted by Gasteiger charge is -2.29. The highest BCUT2D eigenvalue weighted by Crippen LogP contribution is 2.33. The molecule has 0 aromatic heterocycles. The van der Waals surface area contributed by atoms with Crippen molar-refractivity contribution in [1.82, 2.24) is 0 Å². The normalized spacial score (nSPS) is 19.2. The summed E-state index contributed by atoms with van der Waals surface area (Å²) in [7, 11) is 0. The number of aliphatic hydroxyl groups excluding tert-OH is 1. The number of anilines is 1. The summed E-state index contributed by atoms with van der Waals surface area (Å²) in [4.78, 5) is 2.47. The Morgan fingerprint density at radius 1 is 1.38 bits per heavy atom. The predicted octanol–water partition coefficient (Wildman–Crippen LogP) is 2.46. The number of hydrogen-bond donors (Lipinski definition) is 1. The largest absolute Gasteiger partial charge is 0.396 e. The number of para-hydroxylation sites is 1. The van der Waals surface area contributed by atoms with Crippen LogP contribution in [0.2, 0.25) is 0 Å². The molecule has 0 aliphatic carbocycles. The summed E-state index contributed by atoms with van der Waals surface area (Å²) >= 11 is 0. The summed E-state index contributed by atoms with van der Waals surface area (Å²) in [6.07, 6.45) is 1.96. The Morgan fingerprint density at radius 3 is 2.81 bits per heavy atom. The molecule has 1 atom stereocenters. The van der Waals surface area contributed by atoms with E-state index in [0.29, 0.717) is 12.0 Å². The first-order valence-electron chi connectivity index (χ1n) is 6.17. The van der Waals surface area contributed by atoms with Gasteiger partial charge in [0.05, 0.1) is 0 Å². The highest BCUT2D eigenvalue weighted by Gasteiger charge is 2.28. The highest BCUT2D eigenvalue weighted by molar-refractivity contribution is 5.59. The van der Waals surface area contributed by atoms with Crippen LogP contribution in [-0.4, -0.2) is 24.3 Å². The summed E-state index contributed by atoms with van der Waals surface area (Å²) in [6.45, 7) is 5.86. The summed E-state index contributed by atoms with van der Waals surface area (Å²) in [5.41, 5.74) is 2.80. The van der Waals surface area contributed by atoms with Gasteiger partial charge in [-0.15, -0.1) is 0 Å². The number of rotatable bonds is 4. The predicted molar refractivity (Wildman–Crippen MR) is 67.8 cm³/mol. The molecule has 0 amide bonds.